The zero-order valence-corrected chi connectivity index (χ0v) is 18.3. The van der Waals surface area contributed by atoms with E-state index in [0.717, 1.165) is 60.7 Å². The van der Waals surface area contributed by atoms with E-state index in [4.69, 9.17) is 0 Å². The topological polar surface area (TPSA) is 58.1 Å². The van der Waals surface area contributed by atoms with Crippen LogP contribution in [-0.4, -0.2) is 33.9 Å². The molecule has 5 nitrogen and oxygen atoms in total. The Labute approximate surface area is 184 Å². The van der Waals surface area contributed by atoms with Gasteiger partial charge in [-0.2, -0.15) is 0 Å². The lowest BCUT2D eigenvalue weighted by molar-refractivity contribution is 0.0887. The molecule has 1 amide bonds. The van der Waals surface area contributed by atoms with Crippen molar-refractivity contribution in [3.63, 3.8) is 0 Å². The first kappa shape index (κ1) is 21.2. The molecule has 2 aromatic heterocycles. The van der Waals surface area contributed by atoms with E-state index >= 15 is 0 Å². The molecule has 160 valence electrons. The van der Waals surface area contributed by atoms with Crippen LogP contribution in [0.3, 0.4) is 0 Å². The first-order valence-electron chi connectivity index (χ1n) is 11.0. The second-order valence-corrected chi connectivity index (χ2v) is 8.40. The highest BCUT2D eigenvalue weighted by Gasteiger charge is 2.30. The Morgan fingerprint density at radius 1 is 1.03 bits per heavy atom. The molecule has 3 aromatic rings. The number of carbonyl (C=O) groups is 1. The van der Waals surface area contributed by atoms with Gasteiger partial charge in [0.05, 0.1) is 17.4 Å². The number of nitrogens with zero attached hydrogens (tertiary/aromatic N) is 3. The summed E-state index contributed by atoms with van der Waals surface area (Å²) in [5.41, 5.74) is 4.82. The first-order valence-corrected chi connectivity index (χ1v) is 11.0. The lowest BCUT2D eigenvalue weighted by Crippen LogP contribution is -2.41. The van der Waals surface area contributed by atoms with Gasteiger partial charge in [-0.05, 0) is 81.6 Å². The number of benzene rings is 1. The number of hydrogen-bond donors (Lipinski definition) is 1. The minimum Gasteiger partial charge on any atom is -0.343 e. The molecule has 0 bridgehead atoms. The molecule has 0 radical (unpaired) electrons. The number of likely N-dealkylation sites (tertiary alicyclic amines) is 1. The Morgan fingerprint density at radius 2 is 1.81 bits per heavy atom. The van der Waals surface area contributed by atoms with Crippen LogP contribution in [0.4, 0.5) is 0 Å². The van der Waals surface area contributed by atoms with Crippen molar-refractivity contribution >= 4 is 5.91 Å². The largest absolute Gasteiger partial charge is 0.343 e. The molecule has 0 aliphatic carbocycles. The molecule has 31 heavy (non-hydrogen) atoms. The number of aromatic nitrogens is 2. The summed E-state index contributed by atoms with van der Waals surface area (Å²) < 4.78 is 0. The zero-order chi connectivity index (χ0) is 21.6. The molecule has 1 atom stereocenters. The first-order chi connectivity index (χ1) is 15.1. The molecule has 4 rings (SSSR count). The molecular formula is C26H30N4O. The molecule has 1 N–H and O–H groups in total. The van der Waals surface area contributed by atoms with Gasteiger partial charge in [0.15, 0.2) is 0 Å². The Kier molecular flexibility index (Phi) is 6.73. The molecule has 5 heteroatoms. The summed E-state index contributed by atoms with van der Waals surface area (Å²) in [6.45, 7) is 6.86. The Balaban J connectivity index is 1.45. The minimum atomic E-state index is -0.0902. The summed E-state index contributed by atoms with van der Waals surface area (Å²) in [4.78, 5) is 24.8. The van der Waals surface area contributed by atoms with Crippen molar-refractivity contribution in [2.75, 3.05) is 13.1 Å². The maximum atomic E-state index is 13.1. The SMILES string of the molecule is Cc1cccc(CN2CCC(C(NC(=O)c3ccccc3C)c3ccccn3)CC2)n1. The van der Waals surface area contributed by atoms with Crippen molar-refractivity contribution in [3.8, 4) is 0 Å². The van der Waals surface area contributed by atoms with Gasteiger partial charge in [0.25, 0.3) is 5.91 Å². The molecule has 1 fully saturated rings. The van der Waals surface area contributed by atoms with Crippen molar-refractivity contribution < 1.29 is 4.79 Å². The quantitative estimate of drug-likeness (QED) is 0.646. The predicted octanol–water partition coefficient (Wildman–Crippen LogP) is 4.48. The van der Waals surface area contributed by atoms with Crippen LogP contribution in [0.5, 0.6) is 0 Å². The zero-order valence-electron chi connectivity index (χ0n) is 18.3. The van der Waals surface area contributed by atoms with Crippen LogP contribution in [0.2, 0.25) is 0 Å². The molecule has 1 aliphatic heterocycles. The van der Waals surface area contributed by atoms with Crippen LogP contribution in [0.25, 0.3) is 0 Å². The maximum Gasteiger partial charge on any atom is 0.252 e. The number of hydrogen-bond acceptors (Lipinski definition) is 4. The highest BCUT2D eigenvalue weighted by atomic mass is 16.1. The van der Waals surface area contributed by atoms with E-state index < -0.39 is 0 Å². The van der Waals surface area contributed by atoms with Crippen molar-refractivity contribution in [1.82, 2.24) is 20.2 Å². The van der Waals surface area contributed by atoms with Gasteiger partial charge in [-0.25, -0.2) is 0 Å². The summed E-state index contributed by atoms with van der Waals surface area (Å²) >= 11 is 0. The van der Waals surface area contributed by atoms with Crippen LogP contribution < -0.4 is 5.32 Å². The third-order valence-electron chi connectivity index (χ3n) is 6.12. The van der Waals surface area contributed by atoms with Crippen molar-refractivity contribution in [2.45, 2.75) is 39.3 Å². The highest BCUT2D eigenvalue weighted by molar-refractivity contribution is 5.95. The number of rotatable bonds is 6. The lowest BCUT2D eigenvalue weighted by atomic mass is 9.87. The maximum absolute atomic E-state index is 13.1. The van der Waals surface area contributed by atoms with Crippen LogP contribution in [0.15, 0.2) is 66.9 Å². The fraction of sp³-hybridized carbons (Fsp3) is 0.346. The van der Waals surface area contributed by atoms with Crippen LogP contribution in [0.1, 0.15) is 51.9 Å². The van der Waals surface area contributed by atoms with Crippen molar-refractivity contribution in [2.24, 2.45) is 5.92 Å². The number of carbonyl (C=O) groups excluding carboxylic acids is 1. The van der Waals surface area contributed by atoms with Gasteiger partial charge in [0.1, 0.15) is 0 Å². The third-order valence-corrected chi connectivity index (χ3v) is 6.12. The predicted molar refractivity (Wildman–Crippen MR) is 123 cm³/mol. The van der Waals surface area contributed by atoms with E-state index in [2.05, 4.69) is 32.3 Å². The fourth-order valence-corrected chi connectivity index (χ4v) is 4.40. The van der Waals surface area contributed by atoms with Gasteiger partial charge in [0, 0.05) is 24.0 Å². The molecule has 1 aliphatic rings. The summed E-state index contributed by atoms with van der Waals surface area (Å²) in [7, 11) is 0. The number of piperidine rings is 1. The van der Waals surface area contributed by atoms with Gasteiger partial charge in [-0.15, -0.1) is 0 Å². The van der Waals surface area contributed by atoms with Gasteiger partial charge < -0.3 is 5.32 Å². The second-order valence-electron chi connectivity index (χ2n) is 8.40. The minimum absolute atomic E-state index is 0.0276. The summed E-state index contributed by atoms with van der Waals surface area (Å²) in [5.74, 6) is 0.324. The van der Waals surface area contributed by atoms with E-state index in [1.165, 1.54) is 0 Å². The molecule has 0 spiro atoms. The number of pyridine rings is 2. The van der Waals surface area contributed by atoms with Crippen LogP contribution >= 0.6 is 0 Å². The fourth-order valence-electron chi connectivity index (χ4n) is 4.40. The number of aryl methyl sites for hydroxylation is 2. The van der Waals surface area contributed by atoms with E-state index in [9.17, 15) is 4.79 Å². The smallest absolute Gasteiger partial charge is 0.252 e. The van der Waals surface area contributed by atoms with Gasteiger partial charge in [-0.1, -0.05) is 30.3 Å². The average Bonchev–Trinajstić information content (AvgIpc) is 2.79. The van der Waals surface area contributed by atoms with Crippen molar-refractivity contribution in [1.29, 1.82) is 0 Å². The molecule has 3 heterocycles. The van der Waals surface area contributed by atoms with E-state index in [0.29, 0.717) is 5.92 Å². The van der Waals surface area contributed by atoms with Crippen molar-refractivity contribution in [3.05, 3.63) is 95.1 Å². The average molecular weight is 415 g/mol. The summed E-state index contributed by atoms with van der Waals surface area (Å²) in [5, 5.41) is 3.30. The van der Waals surface area contributed by atoms with E-state index in [1.807, 2.05) is 62.4 Å². The summed E-state index contributed by atoms with van der Waals surface area (Å²) in [6, 6.07) is 19.8. The highest BCUT2D eigenvalue weighted by Crippen LogP contribution is 2.31. The van der Waals surface area contributed by atoms with Crippen LogP contribution in [0, 0.1) is 19.8 Å². The van der Waals surface area contributed by atoms with Gasteiger partial charge in [-0.3, -0.25) is 19.7 Å². The third kappa shape index (κ3) is 5.36. The normalized spacial score (nSPS) is 16.1. The molecule has 1 aromatic carbocycles. The molecule has 1 saturated heterocycles. The Morgan fingerprint density at radius 3 is 2.52 bits per heavy atom. The Hall–Kier alpha value is -3.05. The van der Waals surface area contributed by atoms with Gasteiger partial charge in [0.2, 0.25) is 0 Å². The molecule has 1 unspecified atom stereocenters. The standard InChI is InChI=1S/C26H30N4O/c1-19-8-3-4-11-23(19)26(31)29-25(24-12-5-6-15-27-24)21-13-16-30(17-14-21)18-22-10-7-9-20(2)28-22/h3-12,15,21,25H,13-14,16-18H2,1-2H3,(H,29,31). The molecular weight excluding hydrogens is 384 g/mol. The Bertz CT molecular complexity index is 1010. The van der Waals surface area contributed by atoms with Gasteiger partial charge >= 0.3 is 0 Å². The second kappa shape index (κ2) is 9.84. The lowest BCUT2D eigenvalue weighted by Gasteiger charge is -2.36. The monoisotopic (exact) mass is 414 g/mol. The summed E-state index contributed by atoms with van der Waals surface area (Å²) in [6.07, 6.45) is 3.84. The number of amides is 1. The van der Waals surface area contributed by atoms with Crippen LogP contribution in [-0.2, 0) is 6.54 Å². The van der Waals surface area contributed by atoms with E-state index in [-0.39, 0.29) is 11.9 Å². The van der Waals surface area contributed by atoms with E-state index in [1.54, 1.807) is 6.20 Å². The number of nitrogens with one attached hydrogen (secondary N) is 1. The molecule has 0 saturated carbocycles.